The third-order valence-corrected chi connectivity index (χ3v) is 2.72. The quantitative estimate of drug-likeness (QED) is 0.646. The molecule has 1 aromatic carbocycles. The predicted molar refractivity (Wildman–Crippen MR) is 67.8 cm³/mol. The van der Waals surface area contributed by atoms with Gasteiger partial charge in [0, 0.05) is 34.2 Å². The summed E-state index contributed by atoms with van der Waals surface area (Å²) in [5.41, 5.74) is 1.84. The highest BCUT2D eigenvalue weighted by Gasteiger charge is 2.10. The van der Waals surface area contributed by atoms with Crippen LogP contribution in [0, 0.1) is 3.83 Å². The van der Waals surface area contributed by atoms with E-state index >= 15 is 0 Å². The number of pyridine rings is 1. The van der Waals surface area contributed by atoms with E-state index in [0.717, 1.165) is 16.5 Å². The van der Waals surface area contributed by atoms with Crippen molar-refractivity contribution in [3.63, 3.8) is 0 Å². The van der Waals surface area contributed by atoms with Gasteiger partial charge in [-0.15, -0.1) is 0 Å². The van der Waals surface area contributed by atoms with Crippen molar-refractivity contribution in [2.45, 2.75) is 0 Å². The van der Waals surface area contributed by atoms with E-state index in [0.29, 0.717) is 9.72 Å². The minimum absolute atomic E-state index is 0.531. The molecule has 0 bridgehead atoms. The van der Waals surface area contributed by atoms with E-state index in [9.17, 15) is 0 Å². The fourth-order valence-electron chi connectivity index (χ4n) is 1.60. The van der Waals surface area contributed by atoms with E-state index in [-0.39, 0.29) is 0 Å². The largest absolute Gasteiger partial charge is 0.333 e. The molecule has 0 aliphatic carbocycles. The third kappa shape index (κ3) is 1.57. The average molecular weight is 323 g/mol. The lowest BCUT2D eigenvalue weighted by molar-refractivity contribution is 0.426. The Morgan fingerprint density at radius 3 is 2.81 bits per heavy atom. The van der Waals surface area contributed by atoms with Crippen molar-refractivity contribution >= 4 is 33.5 Å². The molecule has 5 heteroatoms. The summed E-state index contributed by atoms with van der Waals surface area (Å²) in [6, 6.07) is 9.76. The fourth-order valence-corrected chi connectivity index (χ4v) is 1.91. The molecule has 0 amide bonds. The van der Waals surface area contributed by atoms with Crippen LogP contribution >= 0.6 is 22.6 Å². The highest BCUT2D eigenvalue weighted by atomic mass is 127. The number of hydrogen-bond acceptors (Lipinski definition) is 4. The summed E-state index contributed by atoms with van der Waals surface area (Å²) >= 11 is 2.02. The van der Waals surface area contributed by atoms with Gasteiger partial charge in [-0.25, -0.2) is 0 Å². The Morgan fingerprint density at radius 1 is 1.12 bits per heavy atom. The maximum Gasteiger partial charge on any atom is 0.259 e. The first kappa shape index (κ1) is 9.71. The Balaban J connectivity index is 2.31. The van der Waals surface area contributed by atoms with E-state index in [2.05, 4.69) is 15.1 Å². The van der Waals surface area contributed by atoms with Crippen molar-refractivity contribution < 1.29 is 4.52 Å². The number of aromatic nitrogens is 3. The Labute approximate surface area is 105 Å². The average Bonchev–Trinajstić information content (AvgIpc) is 2.75. The minimum atomic E-state index is 0.531. The van der Waals surface area contributed by atoms with Crippen molar-refractivity contribution in [2.75, 3.05) is 0 Å². The summed E-state index contributed by atoms with van der Waals surface area (Å²) in [5, 5.41) is 4.80. The smallest absolute Gasteiger partial charge is 0.259 e. The number of para-hydroxylation sites is 1. The van der Waals surface area contributed by atoms with Gasteiger partial charge in [-0.2, -0.15) is 4.98 Å². The molecule has 0 radical (unpaired) electrons. The van der Waals surface area contributed by atoms with Gasteiger partial charge in [0.1, 0.15) is 0 Å². The molecule has 0 saturated carbocycles. The molecule has 16 heavy (non-hydrogen) atoms. The predicted octanol–water partition coefficient (Wildman–Crippen LogP) is 2.89. The fraction of sp³-hybridized carbons (Fsp3) is 0. The lowest BCUT2D eigenvalue weighted by Crippen LogP contribution is -1.84. The van der Waals surface area contributed by atoms with Gasteiger partial charge < -0.3 is 4.52 Å². The zero-order chi connectivity index (χ0) is 11.0. The summed E-state index contributed by atoms with van der Waals surface area (Å²) < 4.78 is 5.77. The number of rotatable bonds is 1. The lowest BCUT2D eigenvalue weighted by Gasteiger charge is -2.00. The molecule has 2 aromatic heterocycles. The molecule has 78 valence electrons. The Hall–Kier alpha value is -1.50. The molecule has 0 aliphatic heterocycles. The first-order valence-electron chi connectivity index (χ1n) is 4.68. The monoisotopic (exact) mass is 323 g/mol. The minimum Gasteiger partial charge on any atom is -0.333 e. The van der Waals surface area contributed by atoms with E-state index in [1.807, 2.05) is 52.9 Å². The molecule has 0 N–H and O–H groups in total. The molecular formula is C11H6IN3O. The molecular weight excluding hydrogens is 317 g/mol. The van der Waals surface area contributed by atoms with Crippen LogP contribution in [0.5, 0.6) is 0 Å². The number of nitrogens with zero attached hydrogens (tertiary/aromatic N) is 3. The molecule has 0 spiro atoms. The SMILES string of the molecule is Ic1noc(-c2ccnc3ccccc23)n1. The Morgan fingerprint density at radius 2 is 2.00 bits per heavy atom. The lowest BCUT2D eigenvalue weighted by atomic mass is 10.1. The van der Waals surface area contributed by atoms with Crippen LogP contribution in [0.1, 0.15) is 0 Å². The summed E-state index contributed by atoms with van der Waals surface area (Å²) in [4.78, 5) is 8.49. The van der Waals surface area contributed by atoms with Gasteiger partial charge in [-0.3, -0.25) is 4.98 Å². The van der Waals surface area contributed by atoms with E-state index < -0.39 is 0 Å². The topological polar surface area (TPSA) is 51.8 Å². The van der Waals surface area contributed by atoms with Crippen LogP contribution in [0.3, 0.4) is 0 Å². The van der Waals surface area contributed by atoms with Crippen LogP contribution in [-0.4, -0.2) is 15.1 Å². The molecule has 0 unspecified atom stereocenters. The molecule has 3 aromatic rings. The van der Waals surface area contributed by atoms with E-state index in [4.69, 9.17) is 4.52 Å². The second-order valence-electron chi connectivity index (χ2n) is 3.24. The van der Waals surface area contributed by atoms with Crippen LogP contribution in [0.25, 0.3) is 22.4 Å². The van der Waals surface area contributed by atoms with Gasteiger partial charge in [0.2, 0.25) is 3.83 Å². The van der Waals surface area contributed by atoms with Crippen molar-refractivity contribution in [3.05, 3.63) is 40.4 Å². The standard InChI is InChI=1S/C11H6IN3O/c12-11-14-10(16-15-11)8-5-6-13-9-4-2-1-3-7(8)9/h1-6H. The highest BCUT2D eigenvalue weighted by molar-refractivity contribution is 14.1. The van der Waals surface area contributed by atoms with E-state index in [1.165, 1.54) is 0 Å². The van der Waals surface area contributed by atoms with Crippen molar-refractivity contribution in [1.82, 2.24) is 15.1 Å². The summed E-state index contributed by atoms with van der Waals surface area (Å²) in [6.07, 6.45) is 1.74. The number of hydrogen-bond donors (Lipinski definition) is 0. The van der Waals surface area contributed by atoms with Crippen molar-refractivity contribution in [3.8, 4) is 11.5 Å². The molecule has 0 atom stereocenters. The van der Waals surface area contributed by atoms with E-state index in [1.54, 1.807) is 6.20 Å². The normalized spacial score (nSPS) is 10.8. The van der Waals surface area contributed by atoms with Gasteiger partial charge >= 0.3 is 0 Å². The summed E-state index contributed by atoms with van der Waals surface area (Å²) in [5.74, 6) is 0.531. The van der Waals surface area contributed by atoms with Crippen LogP contribution in [0.15, 0.2) is 41.1 Å². The van der Waals surface area contributed by atoms with Crippen LogP contribution in [0.4, 0.5) is 0 Å². The van der Waals surface area contributed by atoms with Gasteiger partial charge in [-0.05, 0) is 12.1 Å². The highest BCUT2D eigenvalue weighted by Crippen LogP contribution is 2.25. The second-order valence-corrected chi connectivity index (χ2v) is 4.21. The summed E-state index contributed by atoms with van der Waals surface area (Å²) in [7, 11) is 0. The van der Waals surface area contributed by atoms with Gasteiger partial charge in [0.15, 0.2) is 0 Å². The van der Waals surface area contributed by atoms with Crippen LogP contribution < -0.4 is 0 Å². The maximum atomic E-state index is 5.16. The first-order valence-corrected chi connectivity index (χ1v) is 5.76. The second kappa shape index (κ2) is 3.82. The molecule has 0 aliphatic rings. The van der Waals surface area contributed by atoms with Crippen molar-refractivity contribution in [1.29, 1.82) is 0 Å². The third-order valence-electron chi connectivity index (χ3n) is 2.28. The molecule has 0 fully saturated rings. The number of fused-ring (bicyclic) bond motifs is 1. The van der Waals surface area contributed by atoms with Gasteiger partial charge in [0.05, 0.1) is 11.1 Å². The summed E-state index contributed by atoms with van der Waals surface area (Å²) in [6.45, 7) is 0. The molecule has 3 rings (SSSR count). The number of benzene rings is 1. The Kier molecular flexibility index (Phi) is 2.32. The first-order chi connectivity index (χ1) is 7.84. The van der Waals surface area contributed by atoms with Crippen LogP contribution in [-0.2, 0) is 0 Å². The zero-order valence-corrected chi connectivity index (χ0v) is 10.2. The Bertz CT molecular complexity index is 645. The molecule has 0 saturated heterocycles. The number of halogens is 1. The van der Waals surface area contributed by atoms with Gasteiger partial charge in [0.25, 0.3) is 5.89 Å². The maximum absolute atomic E-state index is 5.16. The molecule has 4 nitrogen and oxygen atoms in total. The van der Waals surface area contributed by atoms with Crippen LogP contribution in [0.2, 0.25) is 0 Å². The van der Waals surface area contributed by atoms with Gasteiger partial charge in [-0.1, -0.05) is 23.4 Å². The molecule has 2 heterocycles. The zero-order valence-electron chi connectivity index (χ0n) is 8.09. The van der Waals surface area contributed by atoms with Crippen molar-refractivity contribution in [2.24, 2.45) is 0 Å².